The van der Waals surface area contributed by atoms with Crippen LogP contribution in [0.5, 0.6) is 0 Å². The quantitative estimate of drug-likeness (QED) is 0.706. The number of nitrogens with one attached hydrogen (secondary N) is 2. The number of ether oxygens (including phenoxy) is 1. The van der Waals surface area contributed by atoms with Crippen LogP contribution in [0.2, 0.25) is 0 Å². The topological polar surface area (TPSA) is 70.7 Å². The molecule has 1 heterocycles. The molecule has 1 aliphatic carbocycles. The Morgan fingerprint density at radius 1 is 1.00 bits per heavy atom. The number of carbonyl (C=O) groups excluding carboxylic acids is 2. The third kappa shape index (κ3) is 5.07. The van der Waals surface area contributed by atoms with Crippen molar-refractivity contribution < 1.29 is 14.3 Å². The van der Waals surface area contributed by atoms with Gasteiger partial charge in [0.05, 0.1) is 18.6 Å². The average Bonchev–Trinajstić information content (AvgIpc) is 3.60. The molecule has 2 aromatic rings. The molecule has 30 heavy (non-hydrogen) atoms. The highest BCUT2D eigenvalue weighted by Gasteiger charge is 2.50. The van der Waals surface area contributed by atoms with Crippen molar-refractivity contribution in [2.75, 3.05) is 38.2 Å². The molecule has 158 valence electrons. The molecule has 0 unspecified atom stereocenters. The van der Waals surface area contributed by atoms with Gasteiger partial charge in [-0.15, -0.1) is 0 Å². The molecule has 6 heteroatoms. The molecule has 2 amide bonds. The predicted octanol–water partition coefficient (Wildman–Crippen LogP) is 2.70. The molecule has 4 rings (SSSR count). The largest absolute Gasteiger partial charge is 0.379 e. The van der Waals surface area contributed by atoms with Crippen LogP contribution in [0.1, 0.15) is 30.4 Å². The van der Waals surface area contributed by atoms with Crippen LogP contribution in [0.15, 0.2) is 54.6 Å². The highest BCUT2D eigenvalue weighted by molar-refractivity contribution is 5.92. The smallest absolute Gasteiger partial charge is 0.230 e. The van der Waals surface area contributed by atoms with Gasteiger partial charge < -0.3 is 15.4 Å². The summed E-state index contributed by atoms with van der Waals surface area (Å²) < 4.78 is 5.33. The second-order valence-corrected chi connectivity index (χ2v) is 8.08. The Bertz CT molecular complexity index is 874. The maximum absolute atomic E-state index is 12.8. The zero-order valence-corrected chi connectivity index (χ0v) is 17.2. The summed E-state index contributed by atoms with van der Waals surface area (Å²) in [6, 6.07) is 17.7. The van der Waals surface area contributed by atoms with E-state index >= 15 is 0 Å². The van der Waals surface area contributed by atoms with Crippen molar-refractivity contribution in [2.45, 2.75) is 31.2 Å². The van der Waals surface area contributed by atoms with Crippen LogP contribution in [0.3, 0.4) is 0 Å². The van der Waals surface area contributed by atoms with Gasteiger partial charge in [-0.2, -0.15) is 0 Å². The van der Waals surface area contributed by atoms with E-state index in [1.807, 2.05) is 54.6 Å². The Balaban J connectivity index is 1.27. The molecule has 2 fully saturated rings. The van der Waals surface area contributed by atoms with Crippen molar-refractivity contribution in [3.05, 3.63) is 65.7 Å². The molecule has 1 saturated carbocycles. The lowest BCUT2D eigenvalue weighted by Gasteiger charge is -2.26. The SMILES string of the molecule is O=C(CCN1CCOCC1)Nc1cccc(CNC(=O)C2(c3ccccc3)CC2)c1. The molecule has 1 aliphatic heterocycles. The minimum atomic E-state index is -0.368. The summed E-state index contributed by atoms with van der Waals surface area (Å²) in [6.07, 6.45) is 2.24. The number of hydrogen-bond donors (Lipinski definition) is 2. The second kappa shape index (κ2) is 9.41. The van der Waals surface area contributed by atoms with Gasteiger partial charge in [-0.1, -0.05) is 42.5 Å². The van der Waals surface area contributed by atoms with E-state index in [4.69, 9.17) is 4.74 Å². The molecular weight excluding hydrogens is 378 g/mol. The lowest BCUT2D eigenvalue weighted by molar-refractivity contribution is -0.123. The summed E-state index contributed by atoms with van der Waals surface area (Å²) >= 11 is 0. The predicted molar refractivity (Wildman–Crippen MR) is 116 cm³/mol. The van der Waals surface area contributed by atoms with Gasteiger partial charge in [-0.25, -0.2) is 0 Å². The van der Waals surface area contributed by atoms with E-state index in [0.29, 0.717) is 13.0 Å². The van der Waals surface area contributed by atoms with E-state index in [2.05, 4.69) is 15.5 Å². The van der Waals surface area contributed by atoms with Crippen molar-refractivity contribution >= 4 is 17.5 Å². The Morgan fingerprint density at radius 2 is 1.77 bits per heavy atom. The van der Waals surface area contributed by atoms with Crippen molar-refractivity contribution in [1.29, 1.82) is 0 Å². The number of morpholine rings is 1. The third-order valence-electron chi connectivity index (χ3n) is 5.93. The van der Waals surface area contributed by atoms with E-state index in [0.717, 1.165) is 62.5 Å². The molecule has 2 aromatic carbocycles. The Kier molecular flexibility index (Phi) is 6.45. The molecule has 1 saturated heterocycles. The number of anilines is 1. The van der Waals surface area contributed by atoms with E-state index in [9.17, 15) is 9.59 Å². The normalized spacial score (nSPS) is 17.9. The fourth-order valence-corrected chi connectivity index (χ4v) is 3.95. The summed E-state index contributed by atoms with van der Waals surface area (Å²) in [4.78, 5) is 27.3. The first kappa shape index (κ1) is 20.6. The van der Waals surface area contributed by atoms with Gasteiger partial charge in [0.2, 0.25) is 11.8 Å². The molecule has 0 radical (unpaired) electrons. The summed E-state index contributed by atoms with van der Waals surface area (Å²) in [5.74, 6) is 0.0809. The first-order valence-electron chi connectivity index (χ1n) is 10.7. The van der Waals surface area contributed by atoms with Crippen LogP contribution >= 0.6 is 0 Å². The third-order valence-corrected chi connectivity index (χ3v) is 5.93. The van der Waals surface area contributed by atoms with E-state index < -0.39 is 0 Å². The summed E-state index contributed by atoms with van der Waals surface area (Å²) in [7, 11) is 0. The highest BCUT2D eigenvalue weighted by Crippen LogP contribution is 2.48. The molecule has 6 nitrogen and oxygen atoms in total. The fraction of sp³-hybridized carbons (Fsp3) is 0.417. The van der Waals surface area contributed by atoms with Gasteiger partial charge >= 0.3 is 0 Å². The Hall–Kier alpha value is -2.70. The molecule has 0 spiro atoms. The minimum Gasteiger partial charge on any atom is -0.379 e. The lowest BCUT2D eigenvalue weighted by Crippen LogP contribution is -2.38. The molecule has 0 atom stereocenters. The second-order valence-electron chi connectivity index (χ2n) is 8.08. The van der Waals surface area contributed by atoms with Gasteiger partial charge in [-0.05, 0) is 36.1 Å². The number of nitrogens with zero attached hydrogens (tertiary/aromatic N) is 1. The van der Waals surface area contributed by atoms with Gasteiger partial charge in [-0.3, -0.25) is 14.5 Å². The van der Waals surface area contributed by atoms with Crippen LogP contribution in [-0.4, -0.2) is 49.6 Å². The van der Waals surface area contributed by atoms with E-state index in [1.54, 1.807) is 0 Å². The molecular formula is C24H29N3O3. The highest BCUT2D eigenvalue weighted by atomic mass is 16.5. The van der Waals surface area contributed by atoms with Crippen molar-refractivity contribution in [1.82, 2.24) is 10.2 Å². The first-order chi connectivity index (χ1) is 14.7. The van der Waals surface area contributed by atoms with Crippen LogP contribution < -0.4 is 10.6 Å². The van der Waals surface area contributed by atoms with Crippen LogP contribution in [0.4, 0.5) is 5.69 Å². The van der Waals surface area contributed by atoms with Gasteiger partial charge in [0.25, 0.3) is 0 Å². The monoisotopic (exact) mass is 407 g/mol. The maximum Gasteiger partial charge on any atom is 0.230 e. The number of benzene rings is 2. The number of carbonyl (C=O) groups is 2. The molecule has 0 aromatic heterocycles. The standard InChI is InChI=1S/C24H29N3O3/c28-22(9-12-27-13-15-30-16-14-27)26-21-8-4-5-19(17-21)18-25-23(29)24(10-11-24)20-6-2-1-3-7-20/h1-8,17H,9-16,18H2,(H,25,29)(H,26,28). The number of rotatable bonds is 8. The van der Waals surface area contributed by atoms with Crippen LogP contribution in [0, 0.1) is 0 Å². The van der Waals surface area contributed by atoms with Crippen LogP contribution in [-0.2, 0) is 26.3 Å². The summed E-state index contributed by atoms with van der Waals surface area (Å²) in [6.45, 7) is 4.43. The fourth-order valence-electron chi connectivity index (χ4n) is 3.95. The van der Waals surface area contributed by atoms with Crippen molar-refractivity contribution in [3.8, 4) is 0 Å². The number of amides is 2. The summed E-state index contributed by atoms with van der Waals surface area (Å²) in [5.41, 5.74) is 2.45. The Morgan fingerprint density at radius 3 is 2.50 bits per heavy atom. The lowest BCUT2D eigenvalue weighted by atomic mass is 9.95. The van der Waals surface area contributed by atoms with E-state index in [-0.39, 0.29) is 17.2 Å². The molecule has 2 aliphatic rings. The maximum atomic E-state index is 12.8. The zero-order chi connectivity index (χ0) is 20.8. The molecule has 2 N–H and O–H groups in total. The molecule has 0 bridgehead atoms. The minimum absolute atomic E-state index is 0.00342. The van der Waals surface area contributed by atoms with Crippen molar-refractivity contribution in [3.63, 3.8) is 0 Å². The van der Waals surface area contributed by atoms with Gasteiger partial charge in [0.1, 0.15) is 0 Å². The number of hydrogen-bond acceptors (Lipinski definition) is 4. The van der Waals surface area contributed by atoms with E-state index in [1.165, 1.54) is 0 Å². The van der Waals surface area contributed by atoms with Crippen molar-refractivity contribution in [2.24, 2.45) is 0 Å². The first-order valence-corrected chi connectivity index (χ1v) is 10.7. The average molecular weight is 408 g/mol. The summed E-state index contributed by atoms with van der Waals surface area (Å²) in [5, 5.41) is 6.05. The Labute approximate surface area is 177 Å². The zero-order valence-electron chi connectivity index (χ0n) is 17.2. The van der Waals surface area contributed by atoms with Gasteiger partial charge in [0, 0.05) is 38.3 Å². The van der Waals surface area contributed by atoms with Crippen LogP contribution in [0.25, 0.3) is 0 Å². The van der Waals surface area contributed by atoms with Gasteiger partial charge in [0.15, 0.2) is 0 Å².